The van der Waals surface area contributed by atoms with Gasteiger partial charge in [-0.2, -0.15) is 0 Å². The van der Waals surface area contributed by atoms with E-state index in [9.17, 15) is 0 Å². The fraction of sp³-hybridized carbons (Fsp3) is 0.0968. The summed E-state index contributed by atoms with van der Waals surface area (Å²) in [5.74, 6) is 2.52. The van der Waals surface area contributed by atoms with E-state index in [1.54, 1.807) is 14.2 Å². The van der Waals surface area contributed by atoms with E-state index >= 15 is 0 Å². The number of hydrogen-bond acceptors (Lipinski definition) is 3. The summed E-state index contributed by atoms with van der Waals surface area (Å²) in [6.45, 7) is 0.530. The molecule has 0 amide bonds. The number of fused-ring (bicyclic) bond motifs is 1. The highest BCUT2D eigenvalue weighted by molar-refractivity contribution is 6.04. The Kier molecular flexibility index (Phi) is 6.17. The summed E-state index contributed by atoms with van der Waals surface area (Å²) >= 11 is 0. The third-order valence-corrected chi connectivity index (χ3v) is 6.00. The maximum atomic E-state index is 6.14. The van der Waals surface area contributed by atoms with Gasteiger partial charge in [0.2, 0.25) is 0 Å². The first-order chi connectivity index (χ1) is 16.7. The van der Waals surface area contributed by atoms with Gasteiger partial charge in [0.1, 0.15) is 23.9 Å². The zero-order valence-electron chi connectivity index (χ0n) is 19.3. The van der Waals surface area contributed by atoms with Gasteiger partial charge in [0, 0.05) is 0 Å². The molecule has 3 heteroatoms. The molecule has 5 aromatic carbocycles. The van der Waals surface area contributed by atoms with E-state index in [0.717, 1.165) is 55.8 Å². The van der Waals surface area contributed by atoms with E-state index in [0.29, 0.717) is 6.61 Å². The lowest BCUT2D eigenvalue weighted by Crippen LogP contribution is -1.95. The molecule has 0 saturated carbocycles. The lowest BCUT2D eigenvalue weighted by Gasteiger charge is -2.16. The van der Waals surface area contributed by atoms with Gasteiger partial charge in [-0.25, -0.2) is 0 Å². The van der Waals surface area contributed by atoms with Crippen molar-refractivity contribution in [2.75, 3.05) is 14.2 Å². The third kappa shape index (κ3) is 4.46. The predicted molar refractivity (Wildman–Crippen MR) is 139 cm³/mol. The van der Waals surface area contributed by atoms with E-state index in [4.69, 9.17) is 14.2 Å². The van der Waals surface area contributed by atoms with Crippen molar-refractivity contribution in [1.29, 1.82) is 0 Å². The zero-order valence-corrected chi connectivity index (χ0v) is 19.3. The smallest absolute Gasteiger partial charge is 0.120 e. The van der Waals surface area contributed by atoms with Crippen LogP contribution in [0.15, 0.2) is 109 Å². The highest BCUT2D eigenvalue weighted by atomic mass is 16.5. The SMILES string of the molecule is COc1ccc(-c2ccc3cc(OC)ccc3c2-c2cccc(OCc3ccccc3)c2)cc1. The number of rotatable bonds is 7. The van der Waals surface area contributed by atoms with Gasteiger partial charge in [-0.1, -0.05) is 72.8 Å². The van der Waals surface area contributed by atoms with Crippen LogP contribution in [0.5, 0.6) is 17.2 Å². The van der Waals surface area contributed by atoms with Gasteiger partial charge < -0.3 is 14.2 Å². The van der Waals surface area contributed by atoms with Crippen molar-refractivity contribution in [2.45, 2.75) is 6.61 Å². The first-order valence-corrected chi connectivity index (χ1v) is 11.3. The summed E-state index contributed by atoms with van der Waals surface area (Å²) in [4.78, 5) is 0. The van der Waals surface area contributed by atoms with Crippen LogP contribution in [0.4, 0.5) is 0 Å². The van der Waals surface area contributed by atoms with Crippen LogP contribution in [0.3, 0.4) is 0 Å². The van der Waals surface area contributed by atoms with Crippen molar-refractivity contribution in [3.63, 3.8) is 0 Å². The molecule has 0 aliphatic rings. The van der Waals surface area contributed by atoms with Crippen LogP contribution >= 0.6 is 0 Å². The predicted octanol–water partition coefficient (Wildman–Crippen LogP) is 7.77. The van der Waals surface area contributed by atoms with Crippen molar-refractivity contribution < 1.29 is 14.2 Å². The first kappa shape index (κ1) is 21.6. The molecule has 0 fully saturated rings. The molecule has 0 saturated heterocycles. The monoisotopic (exact) mass is 446 g/mol. The van der Waals surface area contributed by atoms with Crippen molar-refractivity contribution in [2.24, 2.45) is 0 Å². The van der Waals surface area contributed by atoms with Gasteiger partial charge in [0.15, 0.2) is 0 Å². The van der Waals surface area contributed by atoms with E-state index in [1.807, 2.05) is 42.5 Å². The molecule has 0 aliphatic heterocycles. The van der Waals surface area contributed by atoms with Crippen LogP contribution in [0.25, 0.3) is 33.0 Å². The summed E-state index contributed by atoms with van der Waals surface area (Å²) in [5, 5.41) is 2.29. The summed E-state index contributed by atoms with van der Waals surface area (Å²) in [5.41, 5.74) is 5.69. The Hall–Kier alpha value is -4.24. The summed E-state index contributed by atoms with van der Waals surface area (Å²) in [7, 11) is 3.38. The van der Waals surface area contributed by atoms with Crippen molar-refractivity contribution in [3.8, 4) is 39.5 Å². The summed E-state index contributed by atoms with van der Waals surface area (Å²) < 4.78 is 17.0. The maximum absolute atomic E-state index is 6.14. The molecular formula is C31H26O3. The minimum atomic E-state index is 0.530. The highest BCUT2D eigenvalue weighted by Gasteiger charge is 2.14. The molecule has 0 atom stereocenters. The Morgan fingerprint density at radius 1 is 0.559 bits per heavy atom. The van der Waals surface area contributed by atoms with Crippen LogP contribution in [0.1, 0.15) is 5.56 Å². The molecule has 3 nitrogen and oxygen atoms in total. The Labute approximate surface area is 200 Å². The van der Waals surface area contributed by atoms with Gasteiger partial charge in [-0.05, 0) is 75.0 Å². The van der Waals surface area contributed by atoms with Crippen LogP contribution < -0.4 is 14.2 Å². The number of methoxy groups -OCH3 is 2. The molecule has 0 unspecified atom stereocenters. The quantitative estimate of drug-likeness (QED) is 0.256. The van der Waals surface area contributed by atoms with E-state index in [1.165, 1.54) is 0 Å². The van der Waals surface area contributed by atoms with Gasteiger partial charge in [-0.15, -0.1) is 0 Å². The molecule has 0 aromatic heterocycles. The third-order valence-electron chi connectivity index (χ3n) is 6.00. The molecule has 5 aromatic rings. The van der Waals surface area contributed by atoms with E-state index in [-0.39, 0.29) is 0 Å². The Morgan fingerprint density at radius 2 is 1.32 bits per heavy atom. The minimum Gasteiger partial charge on any atom is -0.497 e. The Balaban J connectivity index is 1.61. The van der Waals surface area contributed by atoms with E-state index in [2.05, 4.69) is 66.7 Å². The maximum Gasteiger partial charge on any atom is 0.120 e. The Morgan fingerprint density at radius 3 is 2.09 bits per heavy atom. The van der Waals surface area contributed by atoms with Crippen molar-refractivity contribution in [3.05, 3.63) is 115 Å². The molecule has 0 heterocycles. The molecular weight excluding hydrogens is 420 g/mol. The average molecular weight is 447 g/mol. The molecule has 0 N–H and O–H groups in total. The van der Waals surface area contributed by atoms with Gasteiger partial charge in [0.25, 0.3) is 0 Å². The van der Waals surface area contributed by atoms with Crippen LogP contribution in [-0.2, 0) is 6.61 Å². The molecule has 34 heavy (non-hydrogen) atoms. The van der Waals surface area contributed by atoms with Crippen LogP contribution in [0, 0.1) is 0 Å². The molecule has 0 spiro atoms. The average Bonchev–Trinajstić information content (AvgIpc) is 2.91. The zero-order chi connectivity index (χ0) is 23.3. The molecule has 0 bridgehead atoms. The van der Waals surface area contributed by atoms with Crippen LogP contribution in [-0.4, -0.2) is 14.2 Å². The minimum absolute atomic E-state index is 0.530. The summed E-state index contributed by atoms with van der Waals surface area (Å²) in [6, 6.07) is 37.3. The molecule has 5 rings (SSSR count). The van der Waals surface area contributed by atoms with Crippen molar-refractivity contribution in [1.82, 2.24) is 0 Å². The number of hydrogen-bond donors (Lipinski definition) is 0. The largest absolute Gasteiger partial charge is 0.497 e. The topological polar surface area (TPSA) is 27.7 Å². The van der Waals surface area contributed by atoms with E-state index < -0.39 is 0 Å². The normalized spacial score (nSPS) is 10.8. The lowest BCUT2D eigenvalue weighted by atomic mass is 9.89. The molecule has 168 valence electrons. The van der Waals surface area contributed by atoms with Gasteiger partial charge >= 0.3 is 0 Å². The van der Waals surface area contributed by atoms with Gasteiger partial charge in [-0.3, -0.25) is 0 Å². The lowest BCUT2D eigenvalue weighted by molar-refractivity contribution is 0.306. The standard InChI is InChI=1S/C31H26O3/c1-32-26-14-11-23(12-15-26)29-17-13-24-19-27(33-2)16-18-30(24)31(29)25-9-6-10-28(20-25)34-21-22-7-4-3-5-8-22/h3-20H,21H2,1-2H3. The van der Waals surface area contributed by atoms with Crippen LogP contribution in [0.2, 0.25) is 0 Å². The highest BCUT2D eigenvalue weighted by Crippen LogP contribution is 2.40. The molecule has 0 aliphatic carbocycles. The van der Waals surface area contributed by atoms with Gasteiger partial charge in [0.05, 0.1) is 14.2 Å². The van der Waals surface area contributed by atoms with Crippen molar-refractivity contribution >= 4 is 10.8 Å². The number of ether oxygens (including phenoxy) is 3. The second-order valence-corrected chi connectivity index (χ2v) is 8.11. The number of benzene rings is 5. The second-order valence-electron chi connectivity index (χ2n) is 8.11. The fourth-order valence-electron chi connectivity index (χ4n) is 4.24. The second kappa shape index (κ2) is 9.72. The fourth-order valence-corrected chi connectivity index (χ4v) is 4.24. The molecule has 0 radical (unpaired) electrons. The Bertz CT molecular complexity index is 1410. The summed E-state index contributed by atoms with van der Waals surface area (Å²) in [6.07, 6.45) is 0. The first-order valence-electron chi connectivity index (χ1n) is 11.3.